The summed E-state index contributed by atoms with van der Waals surface area (Å²) < 4.78 is 23.5. The van der Waals surface area contributed by atoms with E-state index in [2.05, 4.69) is 5.32 Å². The highest BCUT2D eigenvalue weighted by Crippen LogP contribution is 2.33. The Balaban J connectivity index is 1.82. The number of anilines is 2. The molecule has 1 saturated carbocycles. The van der Waals surface area contributed by atoms with Crippen molar-refractivity contribution in [3.63, 3.8) is 0 Å². The molecule has 26 heavy (non-hydrogen) atoms. The van der Waals surface area contributed by atoms with Gasteiger partial charge in [-0.3, -0.25) is 9.59 Å². The normalized spacial score (nSPS) is 14.1. The van der Waals surface area contributed by atoms with Gasteiger partial charge in [-0.25, -0.2) is 8.42 Å². The van der Waals surface area contributed by atoms with Gasteiger partial charge in [0.1, 0.15) is 0 Å². The molecule has 0 unspecified atom stereocenters. The molecule has 6 nitrogen and oxygen atoms in total. The zero-order valence-corrected chi connectivity index (χ0v) is 16.4. The molecule has 1 aliphatic rings. The molecule has 0 aliphatic heterocycles. The number of sulfone groups is 1. The van der Waals surface area contributed by atoms with E-state index in [1.807, 2.05) is 6.92 Å². The van der Waals surface area contributed by atoms with Crippen molar-refractivity contribution < 1.29 is 18.0 Å². The number of carbonyl (C=O) groups excluding carboxylic acids is 2. The van der Waals surface area contributed by atoms with Gasteiger partial charge in [-0.1, -0.05) is 6.07 Å². The Morgan fingerprint density at radius 1 is 1.23 bits per heavy atom. The third-order valence-electron chi connectivity index (χ3n) is 4.24. The Bertz CT molecular complexity index is 975. The van der Waals surface area contributed by atoms with E-state index in [4.69, 9.17) is 0 Å². The maximum atomic E-state index is 12.8. The number of nitrogens with one attached hydrogen (secondary N) is 1. The van der Waals surface area contributed by atoms with Crippen LogP contribution in [-0.2, 0) is 14.6 Å². The molecule has 3 rings (SSSR count). The second kappa shape index (κ2) is 6.85. The first kappa shape index (κ1) is 18.6. The quantitative estimate of drug-likeness (QED) is 0.848. The Hall–Kier alpha value is -2.19. The topological polar surface area (TPSA) is 83.6 Å². The first-order valence-electron chi connectivity index (χ1n) is 8.16. The van der Waals surface area contributed by atoms with Crippen LogP contribution in [-0.4, -0.2) is 33.5 Å². The average molecular weight is 393 g/mol. The third-order valence-corrected chi connectivity index (χ3v) is 6.50. The zero-order chi connectivity index (χ0) is 19.1. The van der Waals surface area contributed by atoms with Crippen LogP contribution in [0.15, 0.2) is 35.2 Å². The van der Waals surface area contributed by atoms with E-state index in [-0.39, 0.29) is 22.6 Å². The van der Waals surface area contributed by atoms with Crippen LogP contribution >= 0.6 is 11.3 Å². The van der Waals surface area contributed by atoms with E-state index < -0.39 is 9.84 Å². The molecule has 2 aromatic rings. The van der Waals surface area contributed by atoms with Crippen LogP contribution < -0.4 is 10.2 Å². The minimum atomic E-state index is -3.35. The molecule has 1 aliphatic carbocycles. The Labute approximate surface area is 156 Å². The maximum absolute atomic E-state index is 12.8. The number of benzene rings is 1. The van der Waals surface area contributed by atoms with Crippen molar-refractivity contribution in [3.05, 3.63) is 40.8 Å². The first-order chi connectivity index (χ1) is 12.2. The fourth-order valence-electron chi connectivity index (χ4n) is 2.52. The molecule has 1 N–H and O–H groups in total. The molecular formula is C18H20N2O4S2. The lowest BCUT2D eigenvalue weighted by Crippen LogP contribution is -2.26. The zero-order valence-electron chi connectivity index (χ0n) is 14.8. The van der Waals surface area contributed by atoms with Crippen molar-refractivity contribution in [1.82, 2.24) is 0 Å². The summed E-state index contributed by atoms with van der Waals surface area (Å²) in [5.41, 5.74) is 1.27. The van der Waals surface area contributed by atoms with Gasteiger partial charge in [-0.15, -0.1) is 11.3 Å². The van der Waals surface area contributed by atoms with Gasteiger partial charge >= 0.3 is 0 Å². The molecule has 1 heterocycles. The standard InChI is InChI=1S/C18H20N2O4S2/c1-11-9-15(19-17(21)12-7-8-12)25-16(11)18(22)20(2)13-5-4-6-14(10-13)26(3,23)24/h4-6,9-10,12H,7-8H2,1-3H3,(H,19,21). The highest BCUT2D eigenvalue weighted by atomic mass is 32.2. The van der Waals surface area contributed by atoms with Crippen molar-refractivity contribution in [1.29, 1.82) is 0 Å². The summed E-state index contributed by atoms with van der Waals surface area (Å²) in [5, 5.41) is 3.51. The van der Waals surface area contributed by atoms with Crippen molar-refractivity contribution in [2.24, 2.45) is 5.92 Å². The summed E-state index contributed by atoms with van der Waals surface area (Å²) in [6.45, 7) is 1.82. The lowest BCUT2D eigenvalue weighted by Gasteiger charge is -2.17. The van der Waals surface area contributed by atoms with Crippen LogP contribution in [0.3, 0.4) is 0 Å². The summed E-state index contributed by atoms with van der Waals surface area (Å²) in [7, 11) is -1.75. The third kappa shape index (κ3) is 3.96. The number of thiophene rings is 1. The Morgan fingerprint density at radius 2 is 1.92 bits per heavy atom. The number of nitrogens with zero attached hydrogens (tertiary/aromatic N) is 1. The molecule has 0 saturated heterocycles. The molecule has 0 spiro atoms. The highest BCUT2D eigenvalue weighted by molar-refractivity contribution is 7.90. The predicted octanol–water partition coefficient (Wildman–Crippen LogP) is 3.09. The van der Waals surface area contributed by atoms with Gasteiger partial charge in [0, 0.05) is 24.9 Å². The maximum Gasteiger partial charge on any atom is 0.268 e. The number of hydrogen-bond acceptors (Lipinski definition) is 5. The predicted molar refractivity (Wildman–Crippen MR) is 103 cm³/mol. The molecule has 1 aromatic heterocycles. The van der Waals surface area contributed by atoms with E-state index in [0.29, 0.717) is 15.6 Å². The number of hydrogen-bond donors (Lipinski definition) is 1. The monoisotopic (exact) mass is 392 g/mol. The molecule has 1 fully saturated rings. The second-order valence-electron chi connectivity index (χ2n) is 6.52. The fourth-order valence-corrected chi connectivity index (χ4v) is 4.23. The smallest absolute Gasteiger partial charge is 0.268 e. The second-order valence-corrected chi connectivity index (χ2v) is 9.59. The van der Waals surface area contributed by atoms with Crippen molar-refractivity contribution >= 4 is 43.7 Å². The van der Waals surface area contributed by atoms with Gasteiger partial charge in [0.2, 0.25) is 5.91 Å². The van der Waals surface area contributed by atoms with Crippen LogP contribution in [0.4, 0.5) is 10.7 Å². The van der Waals surface area contributed by atoms with Crippen molar-refractivity contribution in [2.45, 2.75) is 24.7 Å². The summed E-state index contributed by atoms with van der Waals surface area (Å²) in [5.74, 6) is -0.150. The largest absolute Gasteiger partial charge is 0.317 e. The Kier molecular flexibility index (Phi) is 4.90. The van der Waals surface area contributed by atoms with Crippen LogP contribution in [0, 0.1) is 12.8 Å². The number of amides is 2. The van der Waals surface area contributed by atoms with Crippen LogP contribution in [0.2, 0.25) is 0 Å². The van der Waals surface area contributed by atoms with Crippen molar-refractivity contribution in [2.75, 3.05) is 23.5 Å². The first-order valence-corrected chi connectivity index (χ1v) is 10.9. The van der Waals surface area contributed by atoms with E-state index >= 15 is 0 Å². The Morgan fingerprint density at radius 3 is 2.54 bits per heavy atom. The summed E-state index contributed by atoms with van der Waals surface area (Å²) in [6.07, 6.45) is 2.97. The minimum Gasteiger partial charge on any atom is -0.317 e. The summed E-state index contributed by atoms with van der Waals surface area (Å²) in [6, 6.07) is 8.06. The molecule has 2 amide bonds. The van der Waals surface area contributed by atoms with E-state index in [9.17, 15) is 18.0 Å². The van der Waals surface area contributed by atoms with Gasteiger partial charge in [-0.2, -0.15) is 0 Å². The molecular weight excluding hydrogens is 372 g/mol. The molecule has 0 radical (unpaired) electrons. The van der Waals surface area contributed by atoms with E-state index in [0.717, 1.165) is 24.7 Å². The van der Waals surface area contributed by atoms with Gasteiger partial charge in [0.25, 0.3) is 5.91 Å². The summed E-state index contributed by atoms with van der Waals surface area (Å²) >= 11 is 1.23. The molecule has 138 valence electrons. The minimum absolute atomic E-state index is 0.000503. The summed E-state index contributed by atoms with van der Waals surface area (Å²) in [4.78, 5) is 26.8. The van der Waals surface area contributed by atoms with Gasteiger partial charge in [-0.05, 0) is 49.6 Å². The highest BCUT2D eigenvalue weighted by Gasteiger charge is 2.30. The lowest BCUT2D eigenvalue weighted by molar-refractivity contribution is -0.117. The van der Waals surface area contributed by atoms with Gasteiger partial charge in [0.05, 0.1) is 14.8 Å². The van der Waals surface area contributed by atoms with E-state index in [1.54, 1.807) is 25.2 Å². The van der Waals surface area contributed by atoms with E-state index in [1.165, 1.54) is 28.4 Å². The molecule has 0 bridgehead atoms. The van der Waals surface area contributed by atoms with Crippen molar-refractivity contribution in [3.8, 4) is 0 Å². The van der Waals surface area contributed by atoms with Crippen LogP contribution in [0.1, 0.15) is 28.1 Å². The number of carbonyl (C=O) groups is 2. The molecule has 8 heteroatoms. The number of rotatable bonds is 5. The van der Waals surface area contributed by atoms with Crippen LogP contribution in [0.25, 0.3) is 0 Å². The molecule has 1 aromatic carbocycles. The van der Waals surface area contributed by atoms with Crippen LogP contribution in [0.5, 0.6) is 0 Å². The SMILES string of the molecule is Cc1cc(NC(=O)C2CC2)sc1C(=O)N(C)c1cccc(S(C)(=O)=O)c1. The van der Waals surface area contributed by atoms with Gasteiger partial charge < -0.3 is 10.2 Å². The fraction of sp³-hybridized carbons (Fsp3) is 0.333. The molecule has 0 atom stereocenters. The number of aryl methyl sites for hydroxylation is 1. The lowest BCUT2D eigenvalue weighted by atomic mass is 10.2. The average Bonchev–Trinajstić information content (AvgIpc) is 3.37. The van der Waals surface area contributed by atoms with Gasteiger partial charge in [0.15, 0.2) is 9.84 Å².